The summed E-state index contributed by atoms with van der Waals surface area (Å²) in [7, 11) is 0. The van der Waals surface area contributed by atoms with Crippen LogP contribution in [0.2, 0.25) is 10.0 Å². The van der Waals surface area contributed by atoms with E-state index in [1.54, 1.807) is 0 Å². The van der Waals surface area contributed by atoms with Crippen molar-refractivity contribution in [2.24, 2.45) is 0 Å². The van der Waals surface area contributed by atoms with E-state index in [-0.39, 0.29) is 10.6 Å². The summed E-state index contributed by atoms with van der Waals surface area (Å²) >= 11 is 27.3. The van der Waals surface area contributed by atoms with Crippen LogP contribution >= 0.6 is 58.0 Å². The van der Waals surface area contributed by atoms with E-state index >= 15 is 0 Å². The number of halogens is 5. The Hall–Kier alpha value is -0.390. The molecule has 0 fully saturated rings. The predicted molar refractivity (Wildman–Crippen MR) is 72.4 cm³/mol. The van der Waals surface area contributed by atoms with E-state index in [4.69, 9.17) is 58.0 Å². The van der Waals surface area contributed by atoms with Gasteiger partial charge in [-0.25, -0.2) is 0 Å². The standard InChI is InChI=1S/C9H5Cl5N2O2/c10-5-2-1-4(3-6(5)11)7(17)15-16-8(18)9(12,13)14/h1-3H,(H,15,17)(H,16,18). The van der Waals surface area contributed by atoms with Gasteiger partial charge in [-0.05, 0) is 18.2 Å². The van der Waals surface area contributed by atoms with Crippen molar-refractivity contribution in [3.8, 4) is 0 Å². The number of benzene rings is 1. The fourth-order valence-corrected chi connectivity index (χ4v) is 1.33. The summed E-state index contributed by atoms with van der Waals surface area (Å²) < 4.78 is -2.16. The summed E-state index contributed by atoms with van der Waals surface area (Å²) in [6.07, 6.45) is 0. The third-order valence-corrected chi connectivity index (χ3v) is 2.98. The van der Waals surface area contributed by atoms with E-state index in [1.807, 2.05) is 5.43 Å². The Labute approximate surface area is 127 Å². The molecule has 1 rings (SSSR count). The van der Waals surface area contributed by atoms with Crippen LogP contribution in [0.4, 0.5) is 0 Å². The molecule has 0 aliphatic rings. The van der Waals surface area contributed by atoms with Crippen LogP contribution in [0.1, 0.15) is 10.4 Å². The molecule has 0 bridgehead atoms. The quantitative estimate of drug-likeness (QED) is 0.604. The zero-order valence-electron chi connectivity index (χ0n) is 8.44. The number of amides is 2. The van der Waals surface area contributed by atoms with Crippen molar-refractivity contribution in [3.63, 3.8) is 0 Å². The molecule has 1 aromatic carbocycles. The number of carbonyl (C=O) groups is 2. The first-order valence-electron chi connectivity index (χ1n) is 4.34. The molecular weight excluding hydrogens is 345 g/mol. The molecule has 0 aliphatic carbocycles. The van der Waals surface area contributed by atoms with Gasteiger partial charge >= 0.3 is 0 Å². The third-order valence-electron chi connectivity index (χ3n) is 1.73. The van der Waals surface area contributed by atoms with E-state index < -0.39 is 15.6 Å². The van der Waals surface area contributed by atoms with Gasteiger partial charge in [0.1, 0.15) is 0 Å². The summed E-state index contributed by atoms with van der Waals surface area (Å²) in [4.78, 5) is 22.7. The molecule has 18 heavy (non-hydrogen) atoms. The summed E-state index contributed by atoms with van der Waals surface area (Å²) in [6.45, 7) is 0. The van der Waals surface area contributed by atoms with E-state index in [1.165, 1.54) is 18.2 Å². The second kappa shape index (κ2) is 6.17. The SMILES string of the molecule is O=C(NNC(=O)C(Cl)(Cl)Cl)c1ccc(Cl)c(Cl)c1. The Morgan fingerprint density at radius 2 is 1.61 bits per heavy atom. The Bertz CT molecular complexity index is 486. The molecular formula is C9H5Cl5N2O2. The van der Waals surface area contributed by atoms with Gasteiger partial charge in [0.2, 0.25) is 0 Å². The molecule has 0 spiro atoms. The molecule has 0 atom stereocenters. The van der Waals surface area contributed by atoms with Gasteiger partial charge in [-0.15, -0.1) is 0 Å². The van der Waals surface area contributed by atoms with E-state index in [2.05, 4.69) is 5.43 Å². The van der Waals surface area contributed by atoms with Crippen LogP contribution in [0.3, 0.4) is 0 Å². The smallest absolute Gasteiger partial charge is 0.268 e. The van der Waals surface area contributed by atoms with Crippen LogP contribution in [-0.2, 0) is 4.79 Å². The summed E-state index contributed by atoms with van der Waals surface area (Å²) in [5.41, 5.74) is 4.19. The van der Waals surface area contributed by atoms with Crippen molar-refractivity contribution in [1.82, 2.24) is 10.9 Å². The topological polar surface area (TPSA) is 58.2 Å². The maximum Gasteiger partial charge on any atom is 0.290 e. The molecule has 0 saturated carbocycles. The number of alkyl halides is 3. The average Bonchev–Trinajstić information content (AvgIpc) is 2.27. The lowest BCUT2D eigenvalue weighted by Crippen LogP contribution is -2.46. The first kappa shape index (κ1) is 15.7. The maximum absolute atomic E-state index is 11.6. The minimum atomic E-state index is -2.16. The van der Waals surface area contributed by atoms with E-state index in [0.29, 0.717) is 5.02 Å². The number of rotatable bonds is 1. The third kappa shape index (κ3) is 4.37. The zero-order chi connectivity index (χ0) is 13.9. The molecule has 98 valence electrons. The van der Waals surface area contributed by atoms with Gasteiger partial charge < -0.3 is 0 Å². The Balaban J connectivity index is 2.66. The number of nitrogens with one attached hydrogen (secondary N) is 2. The molecule has 9 heteroatoms. The maximum atomic E-state index is 11.6. The van der Waals surface area contributed by atoms with Crippen LogP contribution in [0.15, 0.2) is 18.2 Å². The number of hydrogen-bond donors (Lipinski definition) is 2. The van der Waals surface area contributed by atoms with Crippen LogP contribution in [0.25, 0.3) is 0 Å². The van der Waals surface area contributed by atoms with Crippen molar-refractivity contribution in [1.29, 1.82) is 0 Å². The molecule has 0 aromatic heterocycles. The number of hydrogen-bond acceptors (Lipinski definition) is 2. The molecule has 0 heterocycles. The van der Waals surface area contributed by atoms with Gasteiger partial charge in [-0.1, -0.05) is 58.0 Å². The van der Waals surface area contributed by atoms with Crippen LogP contribution in [0, 0.1) is 0 Å². The van der Waals surface area contributed by atoms with E-state index in [0.717, 1.165) is 0 Å². The second-order valence-electron chi connectivity index (χ2n) is 3.03. The molecule has 4 nitrogen and oxygen atoms in total. The molecule has 0 radical (unpaired) electrons. The van der Waals surface area contributed by atoms with Gasteiger partial charge in [-0.3, -0.25) is 20.4 Å². The monoisotopic (exact) mass is 348 g/mol. The summed E-state index contributed by atoms with van der Waals surface area (Å²) in [6, 6.07) is 4.20. The van der Waals surface area contributed by atoms with Gasteiger partial charge in [-0.2, -0.15) is 0 Å². The van der Waals surface area contributed by atoms with Crippen molar-refractivity contribution in [2.75, 3.05) is 0 Å². The molecule has 0 unspecified atom stereocenters. The molecule has 2 amide bonds. The Kier molecular flexibility index (Phi) is 5.37. The van der Waals surface area contributed by atoms with Crippen molar-refractivity contribution in [2.45, 2.75) is 3.79 Å². The number of hydrazine groups is 1. The molecule has 2 N–H and O–H groups in total. The lowest BCUT2D eigenvalue weighted by molar-refractivity contribution is -0.120. The first-order chi connectivity index (χ1) is 8.21. The lowest BCUT2D eigenvalue weighted by Gasteiger charge is -2.12. The predicted octanol–water partition coefficient (Wildman–Crippen LogP) is 3.12. The first-order valence-corrected chi connectivity index (χ1v) is 6.23. The second-order valence-corrected chi connectivity index (χ2v) is 6.13. The Morgan fingerprint density at radius 3 is 2.11 bits per heavy atom. The fourth-order valence-electron chi connectivity index (χ4n) is 0.894. The van der Waals surface area contributed by atoms with Crippen molar-refractivity contribution >= 4 is 69.8 Å². The fraction of sp³-hybridized carbons (Fsp3) is 0.111. The van der Waals surface area contributed by atoms with Crippen LogP contribution in [0.5, 0.6) is 0 Å². The highest BCUT2D eigenvalue weighted by Gasteiger charge is 2.30. The van der Waals surface area contributed by atoms with Crippen molar-refractivity contribution < 1.29 is 9.59 Å². The van der Waals surface area contributed by atoms with Crippen LogP contribution < -0.4 is 10.9 Å². The zero-order valence-corrected chi connectivity index (χ0v) is 12.2. The van der Waals surface area contributed by atoms with Gasteiger partial charge in [0.15, 0.2) is 0 Å². The highest BCUT2D eigenvalue weighted by Crippen LogP contribution is 2.25. The Morgan fingerprint density at radius 1 is 1.00 bits per heavy atom. The highest BCUT2D eigenvalue weighted by molar-refractivity contribution is 6.76. The highest BCUT2D eigenvalue weighted by atomic mass is 35.6. The summed E-state index contributed by atoms with van der Waals surface area (Å²) in [5, 5.41) is 0.510. The average molecular weight is 350 g/mol. The molecule has 0 saturated heterocycles. The largest absolute Gasteiger partial charge is 0.290 e. The van der Waals surface area contributed by atoms with Crippen molar-refractivity contribution in [3.05, 3.63) is 33.8 Å². The molecule has 0 aliphatic heterocycles. The molecule has 1 aromatic rings. The number of carbonyl (C=O) groups excluding carboxylic acids is 2. The van der Waals surface area contributed by atoms with Gasteiger partial charge in [0.05, 0.1) is 10.0 Å². The normalized spacial score (nSPS) is 10.9. The lowest BCUT2D eigenvalue weighted by atomic mass is 10.2. The summed E-state index contributed by atoms with van der Waals surface area (Å²) in [5.74, 6) is -1.61. The van der Waals surface area contributed by atoms with E-state index in [9.17, 15) is 9.59 Å². The minimum absolute atomic E-state index is 0.189. The van der Waals surface area contributed by atoms with Gasteiger partial charge in [0.25, 0.3) is 15.6 Å². The van der Waals surface area contributed by atoms with Crippen LogP contribution in [-0.4, -0.2) is 15.6 Å². The minimum Gasteiger partial charge on any atom is -0.268 e. The van der Waals surface area contributed by atoms with Gasteiger partial charge in [0, 0.05) is 5.56 Å².